The third-order valence-electron chi connectivity index (χ3n) is 2.30. The molecule has 90 valence electrons. The molecule has 0 saturated carbocycles. The van der Waals surface area contributed by atoms with E-state index < -0.39 is 17.5 Å². The average molecular weight is 243 g/mol. The maximum Gasteiger partial charge on any atom is 0.417 e. The molecule has 2 aromatic heterocycles. The fourth-order valence-corrected chi connectivity index (χ4v) is 1.46. The van der Waals surface area contributed by atoms with E-state index in [0.29, 0.717) is 0 Å². The monoisotopic (exact) mass is 243 g/mol. The van der Waals surface area contributed by atoms with Crippen molar-refractivity contribution in [2.75, 3.05) is 6.54 Å². The van der Waals surface area contributed by atoms with E-state index in [2.05, 4.69) is 4.98 Å². The van der Waals surface area contributed by atoms with Crippen LogP contribution in [0.4, 0.5) is 13.2 Å². The molecule has 17 heavy (non-hydrogen) atoms. The van der Waals surface area contributed by atoms with E-state index in [-0.39, 0.29) is 17.9 Å². The van der Waals surface area contributed by atoms with Gasteiger partial charge in [0.2, 0.25) is 0 Å². The van der Waals surface area contributed by atoms with Crippen LogP contribution in [0.3, 0.4) is 0 Å². The van der Waals surface area contributed by atoms with Crippen LogP contribution in [0.2, 0.25) is 0 Å². The minimum Gasteiger partial charge on any atom is -0.324 e. The fraction of sp³-hybridized carbons (Fsp3) is 0.200. The summed E-state index contributed by atoms with van der Waals surface area (Å²) in [5, 5.41) is 0. The van der Waals surface area contributed by atoms with Crippen LogP contribution in [0.5, 0.6) is 0 Å². The van der Waals surface area contributed by atoms with E-state index in [9.17, 15) is 18.0 Å². The lowest BCUT2D eigenvalue weighted by atomic mass is 10.2. The van der Waals surface area contributed by atoms with E-state index in [1.54, 1.807) is 0 Å². The van der Waals surface area contributed by atoms with Crippen LogP contribution >= 0.6 is 0 Å². The van der Waals surface area contributed by atoms with Gasteiger partial charge in [-0.25, -0.2) is 4.98 Å². The quantitative estimate of drug-likeness (QED) is 0.813. The number of nitrogens with zero attached hydrogens (tertiary/aromatic N) is 2. The van der Waals surface area contributed by atoms with Crippen LogP contribution in [0.1, 0.15) is 16.1 Å². The zero-order valence-electron chi connectivity index (χ0n) is 8.53. The number of hydrogen-bond donors (Lipinski definition) is 1. The van der Waals surface area contributed by atoms with Crippen molar-refractivity contribution in [3.05, 3.63) is 35.8 Å². The molecule has 0 saturated heterocycles. The first-order valence-corrected chi connectivity index (χ1v) is 4.71. The van der Waals surface area contributed by atoms with Crippen molar-refractivity contribution in [2.24, 2.45) is 5.73 Å². The zero-order chi connectivity index (χ0) is 12.6. The molecule has 4 nitrogen and oxygen atoms in total. The van der Waals surface area contributed by atoms with Gasteiger partial charge in [-0.1, -0.05) is 0 Å². The molecule has 0 radical (unpaired) electrons. The Labute approximate surface area is 93.9 Å². The minimum absolute atomic E-state index is 0.0496. The van der Waals surface area contributed by atoms with Gasteiger partial charge in [0.15, 0.2) is 5.78 Å². The van der Waals surface area contributed by atoms with Crippen LogP contribution in [0.15, 0.2) is 24.5 Å². The van der Waals surface area contributed by atoms with Gasteiger partial charge in [-0.15, -0.1) is 0 Å². The summed E-state index contributed by atoms with van der Waals surface area (Å²) in [4.78, 5) is 15.2. The van der Waals surface area contributed by atoms with Gasteiger partial charge in [-0.2, -0.15) is 13.2 Å². The number of imidazole rings is 1. The molecule has 0 bridgehead atoms. The van der Waals surface area contributed by atoms with Crippen LogP contribution < -0.4 is 5.73 Å². The Kier molecular flexibility index (Phi) is 2.62. The lowest BCUT2D eigenvalue weighted by molar-refractivity contribution is -0.137. The van der Waals surface area contributed by atoms with Crippen molar-refractivity contribution in [1.82, 2.24) is 9.38 Å². The van der Waals surface area contributed by atoms with Crippen molar-refractivity contribution in [2.45, 2.75) is 6.18 Å². The number of alkyl halides is 3. The van der Waals surface area contributed by atoms with Gasteiger partial charge >= 0.3 is 6.18 Å². The van der Waals surface area contributed by atoms with E-state index in [1.165, 1.54) is 12.3 Å². The van der Waals surface area contributed by atoms with Gasteiger partial charge < -0.3 is 5.73 Å². The normalized spacial score (nSPS) is 12.0. The maximum absolute atomic E-state index is 12.5. The number of nitrogens with two attached hydrogens (primary N) is 1. The molecule has 0 spiro atoms. The molecule has 0 aliphatic carbocycles. The third kappa shape index (κ3) is 2.01. The zero-order valence-corrected chi connectivity index (χ0v) is 8.53. The summed E-state index contributed by atoms with van der Waals surface area (Å²) in [6.07, 6.45) is -2.41. The number of Topliss-reactive ketones (excluding diaryl/α,β-unsaturated/α-hetero) is 1. The summed E-state index contributed by atoms with van der Waals surface area (Å²) >= 11 is 0. The van der Waals surface area contributed by atoms with Crippen LogP contribution in [0.25, 0.3) is 5.65 Å². The van der Waals surface area contributed by atoms with Gasteiger partial charge in [0.25, 0.3) is 0 Å². The number of ketones is 1. The van der Waals surface area contributed by atoms with Crippen molar-refractivity contribution in [3.8, 4) is 0 Å². The summed E-state index contributed by atoms with van der Waals surface area (Å²) in [6, 6.07) is 2.12. The Morgan fingerprint density at radius 1 is 1.41 bits per heavy atom. The molecule has 2 N–H and O–H groups in total. The Balaban J connectivity index is 2.62. The van der Waals surface area contributed by atoms with Gasteiger partial charge in [0.05, 0.1) is 18.3 Å². The molecule has 0 atom stereocenters. The van der Waals surface area contributed by atoms with Gasteiger partial charge in [-0.3, -0.25) is 9.20 Å². The molecular weight excluding hydrogens is 235 g/mol. The summed E-state index contributed by atoms with van der Waals surface area (Å²) in [5.41, 5.74) is 4.65. The Bertz CT molecular complexity index is 574. The number of pyridine rings is 1. The molecule has 2 aromatic rings. The average Bonchev–Trinajstić information content (AvgIpc) is 2.69. The van der Waals surface area contributed by atoms with E-state index in [0.717, 1.165) is 16.7 Å². The summed E-state index contributed by atoms with van der Waals surface area (Å²) in [5.74, 6) is -0.461. The second kappa shape index (κ2) is 3.85. The Hall–Kier alpha value is -1.89. The highest BCUT2D eigenvalue weighted by atomic mass is 19.4. The minimum atomic E-state index is -4.46. The molecule has 2 heterocycles. The first kappa shape index (κ1) is 11.6. The molecule has 2 rings (SSSR count). The fourth-order valence-electron chi connectivity index (χ4n) is 1.46. The molecular formula is C10H8F3N3O. The topological polar surface area (TPSA) is 60.4 Å². The third-order valence-corrected chi connectivity index (χ3v) is 2.30. The van der Waals surface area contributed by atoms with Crippen LogP contribution in [-0.2, 0) is 6.18 Å². The highest BCUT2D eigenvalue weighted by molar-refractivity contribution is 5.96. The largest absolute Gasteiger partial charge is 0.417 e. The van der Waals surface area contributed by atoms with Crippen molar-refractivity contribution in [3.63, 3.8) is 0 Å². The van der Waals surface area contributed by atoms with Crippen LogP contribution in [0, 0.1) is 0 Å². The number of hydrogen-bond acceptors (Lipinski definition) is 3. The lowest BCUT2D eigenvalue weighted by Gasteiger charge is -2.07. The number of halogens is 3. The first-order chi connectivity index (χ1) is 7.93. The second-order valence-corrected chi connectivity index (χ2v) is 3.41. The highest BCUT2D eigenvalue weighted by Crippen LogP contribution is 2.29. The summed E-state index contributed by atoms with van der Waals surface area (Å²) < 4.78 is 38.6. The second-order valence-electron chi connectivity index (χ2n) is 3.41. The number of carbonyl (C=O) groups is 1. The molecule has 0 aliphatic heterocycles. The molecule has 0 aromatic carbocycles. The standard InChI is InChI=1S/C10H8F3N3O/c11-10(12,13)6-1-2-9-15-4-7(8(17)3-14)16(9)5-6/h1-2,4-5H,3,14H2. The van der Waals surface area contributed by atoms with Crippen LogP contribution in [-0.4, -0.2) is 21.7 Å². The maximum atomic E-state index is 12.5. The summed E-state index contributed by atoms with van der Waals surface area (Å²) in [6.45, 7) is -0.274. The predicted octanol–water partition coefficient (Wildman–Crippen LogP) is 1.49. The number of aromatic nitrogens is 2. The predicted molar refractivity (Wildman–Crippen MR) is 53.6 cm³/mol. The van der Waals surface area contributed by atoms with Crippen molar-refractivity contribution in [1.29, 1.82) is 0 Å². The first-order valence-electron chi connectivity index (χ1n) is 4.71. The molecule has 0 unspecified atom stereocenters. The van der Waals surface area contributed by atoms with Gasteiger partial charge in [-0.05, 0) is 12.1 Å². The van der Waals surface area contributed by atoms with Crippen molar-refractivity contribution >= 4 is 11.4 Å². The van der Waals surface area contributed by atoms with E-state index >= 15 is 0 Å². The Morgan fingerprint density at radius 2 is 2.12 bits per heavy atom. The van der Waals surface area contributed by atoms with Gasteiger partial charge in [0, 0.05) is 6.20 Å². The van der Waals surface area contributed by atoms with E-state index in [1.807, 2.05) is 0 Å². The molecule has 0 aliphatic rings. The number of carbonyl (C=O) groups excluding carboxylic acids is 1. The Morgan fingerprint density at radius 3 is 2.71 bits per heavy atom. The lowest BCUT2D eigenvalue weighted by Crippen LogP contribution is -2.16. The SMILES string of the molecule is NCC(=O)c1cnc2ccc(C(F)(F)F)cn12. The highest BCUT2D eigenvalue weighted by Gasteiger charge is 2.31. The molecule has 7 heteroatoms. The van der Waals surface area contributed by atoms with Crippen molar-refractivity contribution < 1.29 is 18.0 Å². The molecule has 0 amide bonds. The van der Waals surface area contributed by atoms with Gasteiger partial charge in [0.1, 0.15) is 11.3 Å². The summed E-state index contributed by atoms with van der Waals surface area (Å²) in [7, 11) is 0. The molecule has 0 fully saturated rings. The van der Waals surface area contributed by atoms with E-state index in [4.69, 9.17) is 5.73 Å². The number of fused-ring (bicyclic) bond motifs is 1. The number of rotatable bonds is 2. The smallest absolute Gasteiger partial charge is 0.324 e.